The Hall–Kier alpha value is -2.57. The minimum absolute atomic E-state index is 0.0681. The first-order valence-corrected chi connectivity index (χ1v) is 7.80. The van der Waals surface area contributed by atoms with Gasteiger partial charge in [0.15, 0.2) is 5.69 Å². The highest BCUT2D eigenvalue weighted by atomic mass is 16.2. The second kappa shape index (κ2) is 6.68. The summed E-state index contributed by atoms with van der Waals surface area (Å²) in [4.78, 5) is 24.9. The predicted octanol–water partition coefficient (Wildman–Crippen LogP) is 1.35. The highest BCUT2D eigenvalue weighted by Crippen LogP contribution is 2.13. The van der Waals surface area contributed by atoms with Crippen LogP contribution in [-0.2, 0) is 0 Å². The van der Waals surface area contributed by atoms with Gasteiger partial charge in [0.1, 0.15) is 0 Å². The number of piperazine rings is 1. The molecule has 1 aliphatic rings. The van der Waals surface area contributed by atoms with Gasteiger partial charge in [-0.1, -0.05) is 13.8 Å². The van der Waals surface area contributed by atoms with Crippen molar-refractivity contribution in [2.45, 2.75) is 19.8 Å². The summed E-state index contributed by atoms with van der Waals surface area (Å²) in [6.45, 7) is 6.79. The Labute approximate surface area is 135 Å². The van der Waals surface area contributed by atoms with Crippen molar-refractivity contribution in [2.75, 3.05) is 31.1 Å². The average Bonchev–Trinajstić information content (AvgIpc) is 2.62. The third-order valence-electron chi connectivity index (χ3n) is 3.90. The summed E-state index contributed by atoms with van der Waals surface area (Å²) < 4.78 is 0. The van der Waals surface area contributed by atoms with Gasteiger partial charge in [-0.3, -0.25) is 4.79 Å². The van der Waals surface area contributed by atoms with Gasteiger partial charge in [0.2, 0.25) is 5.95 Å². The van der Waals surface area contributed by atoms with E-state index in [9.17, 15) is 4.79 Å². The summed E-state index contributed by atoms with van der Waals surface area (Å²) in [5, 5.41) is 8.20. The fourth-order valence-corrected chi connectivity index (χ4v) is 2.49. The molecular weight excluding hydrogens is 292 g/mol. The van der Waals surface area contributed by atoms with Crippen LogP contribution in [-0.4, -0.2) is 57.2 Å². The van der Waals surface area contributed by atoms with Crippen LogP contribution in [0.25, 0.3) is 0 Å². The maximum Gasteiger partial charge on any atom is 0.274 e. The number of carbonyl (C=O) groups is 1. The molecule has 0 spiro atoms. The van der Waals surface area contributed by atoms with Crippen LogP contribution in [0.3, 0.4) is 0 Å². The minimum atomic E-state index is -0.0681. The maximum absolute atomic E-state index is 12.5. The summed E-state index contributed by atoms with van der Waals surface area (Å²) in [6, 6.07) is 5.43. The highest BCUT2D eigenvalue weighted by molar-refractivity contribution is 5.92. The number of amides is 1. The zero-order chi connectivity index (χ0) is 16.2. The van der Waals surface area contributed by atoms with E-state index in [-0.39, 0.29) is 5.91 Å². The van der Waals surface area contributed by atoms with Crippen LogP contribution in [0.5, 0.6) is 0 Å². The van der Waals surface area contributed by atoms with Crippen LogP contribution in [0.1, 0.15) is 35.9 Å². The fraction of sp³-hybridized carbons (Fsp3) is 0.438. The van der Waals surface area contributed by atoms with Gasteiger partial charge in [-0.25, -0.2) is 9.97 Å². The number of anilines is 1. The van der Waals surface area contributed by atoms with Crippen molar-refractivity contribution >= 4 is 11.9 Å². The van der Waals surface area contributed by atoms with Crippen LogP contribution >= 0.6 is 0 Å². The van der Waals surface area contributed by atoms with Gasteiger partial charge >= 0.3 is 0 Å². The zero-order valence-corrected chi connectivity index (χ0v) is 13.4. The standard InChI is InChI=1S/C16H20N6O/c1-12(2)13-4-5-14(20-19-13)15(23)21-8-10-22(11-9-21)16-17-6-3-7-18-16/h3-7,12H,8-11H2,1-2H3. The number of nitrogens with zero attached hydrogens (tertiary/aromatic N) is 6. The lowest BCUT2D eigenvalue weighted by Crippen LogP contribution is -2.49. The van der Waals surface area contributed by atoms with Crippen molar-refractivity contribution in [3.05, 3.63) is 42.0 Å². The molecule has 0 radical (unpaired) electrons. The third-order valence-corrected chi connectivity index (χ3v) is 3.90. The first-order valence-electron chi connectivity index (χ1n) is 7.80. The van der Waals surface area contributed by atoms with Crippen LogP contribution in [0, 0.1) is 0 Å². The van der Waals surface area contributed by atoms with E-state index < -0.39 is 0 Å². The van der Waals surface area contributed by atoms with Gasteiger partial charge in [-0.2, -0.15) is 5.10 Å². The lowest BCUT2D eigenvalue weighted by Gasteiger charge is -2.34. The summed E-state index contributed by atoms with van der Waals surface area (Å²) in [6.07, 6.45) is 3.46. The molecule has 1 amide bonds. The summed E-state index contributed by atoms with van der Waals surface area (Å²) in [7, 11) is 0. The Balaban J connectivity index is 1.62. The minimum Gasteiger partial charge on any atom is -0.337 e. The van der Waals surface area contributed by atoms with Crippen LogP contribution in [0.4, 0.5) is 5.95 Å². The molecule has 7 heteroatoms. The number of aromatic nitrogens is 4. The normalized spacial score (nSPS) is 15.1. The maximum atomic E-state index is 12.5. The van der Waals surface area contributed by atoms with E-state index in [2.05, 4.69) is 38.9 Å². The summed E-state index contributed by atoms with van der Waals surface area (Å²) in [5.74, 6) is 0.947. The molecule has 1 fully saturated rings. The van der Waals surface area contributed by atoms with Crippen LogP contribution < -0.4 is 4.90 Å². The second-order valence-corrected chi connectivity index (χ2v) is 5.83. The van der Waals surface area contributed by atoms with Crippen molar-refractivity contribution < 1.29 is 4.79 Å². The van der Waals surface area contributed by atoms with Gasteiger partial charge in [-0.15, -0.1) is 5.10 Å². The number of carbonyl (C=O) groups excluding carboxylic acids is 1. The van der Waals surface area contributed by atoms with Crippen LogP contribution in [0.2, 0.25) is 0 Å². The van der Waals surface area contributed by atoms with Gasteiger partial charge < -0.3 is 9.80 Å². The number of rotatable bonds is 3. The smallest absolute Gasteiger partial charge is 0.274 e. The molecule has 0 aliphatic carbocycles. The van der Waals surface area contributed by atoms with Gasteiger partial charge in [-0.05, 0) is 24.1 Å². The topological polar surface area (TPSA) is 75.1 Å². The average molecular weight is 312 g/mol. The quantitative estimate of drug-likeness (QED) is 0.851. The summed E-state index contributed by atoms with van der Waals surface area (Å²) in [5.41, 5.74) is 1.30. The van der Waals surface area contributed by atoms with E-state index in [0.717, 1.165) is 5.69 Å². The van der Waals surface area contributed by atoms with Gasteiger partial charge in [0.25, 0.3) is 5.91 Å². The number of hydrogen-bond donors (Lipinski definition) is 0. The van der Waals surface area contributed by atoms with Crippen molar-refractivity contribution in [3.8, 4) is 0 Å². The van der Waals surface area contributed by atoms with Crippen molar-refractivity contribution in [1.29, 1.82) is 0 Å². The molecule has 0 saturated carbocycles. The molecule has 1 saturated heterocycles. The Morgan fingerprint density at radius 1 is 1.04 bits per heavy atom. The lowest BCUT2D eigenvalue weighted by atomic mass is 10.1. The molecule has 3 rings (SSSR count). The van der Waals surface area contributed by atoms with E-state index in [4.69, 9.17) is 0 Å². The zero-order valence-electron chi connectivity index (χ0n) is 13.4. The Kier molecular flexibility index (Phi) is 4.45. The molecule has 120 valence electrons. The molecule has 0 N–H and O–H groups in total. The molecule has 0 atom stereocenters. The van der Waals surface area contributed by atoms with E-state index >= 15 is 0 Å². The Bertz CT molecular complexity index is 650. The first kappa shape index (κ1) is 15.3. The van der Waals surface area contributed by atoms with E-state index in [1.165, 1.54) is 0 Å². The monoisotopic (exact) mass is 312 g/mol. The van der Waals surface area contributed by atoms with E-state index in [0.29, 0.717) is 43.7 Å². The highest BCUT2D eigenvalue weighted by Gasteiger charge is 2.24. The molecular formula is C16H20N6O. The first-order chi connectivity index (χ1) is 11.1. The Morgan fingerprint density at radius 3 is 2.30 bits per heavy atom. The fourth-order valence-electron chi connectivity index (χ4n) is 2.49. The molecule has 23 heavy (non-hydrogen) atoms. The van der Waals surface area contributed by atoms with Crippen molar-refractivity contribution in [3.63, 3.8) is 0 Å². The summed E-state index contributed by atoms with van der Waals surface area (Å²) >= 11 is 0. The van der Waals surface area contributed by atoms with Gasteiger partial charge in [0, 0.05) is 38.6 Å². The Morgan fingerprint density at radius 2 is 1.74 bits per heavy atom. The molecule has 2 aromatic heterocycles. The molecule has 2 aromatic rings. The molecule has 7 nitrogen and oxygen atoms in total. The van der Waals surface area contributed by atoms with Crippen molar-refractivity contribution in [2.24, 2.45) is 0 Å². The third kappa shape index (κ3) is 3.44. The molecule has 0 unspecified atom stereocenters. The van der Waals surface area contributed by atoms with E-state index in [1.807, 2.05) is 6.07 Å². The molecule has 1 aliphatic heterocycles. The predicted molar refractivity (Wildman–Crippen MR) is 86.3 cm³/mol. The lowest BCUT2D eigenvalue weighted by molar-refractivity contribution is 0.0739. The van der Waals surface area contributed by atoms with Gasteiger partial charge in [0.05, 0.1) is 5.69 Å². The molecule has 0 bridgehead atoms. The van der Waals surface area contributed by atoms with E-state index in [1.54, 1.807) is 29.4 Å². The SMILES string of the molecule is CC(C)c1ccc(C(=O)N2CCN(c3ncccn3)CC2)nn1. The van der Waals surface area contributed by atoms with Crippen LogP contribution in [0.15, 0.2) is 30.6 Å². The molecule has 0 aromatic carbocycles. The molecule has 3 heterocycles. The second-order valence-electron chi connectivity index (χ2n) is 5.83. The number of hydrogen-bond acceptors (Lipinski definition) is 6. The largest absolute Gasteiger partial charge is 0.337 e. The van der Waals surface area contributed by atoms with Crippen molar-refractivity contribution in [1.82, 2.24) is 25.1 Å².